The van der Waals surface area contributed by atoms with Crippen LogP contribution in [0.15, 0.2) is 48.5 Å². The standard InChI is InChI=1S/C29H39N5/c1-30-10-12-31-14-18-33(19-15-31)22-28-24-6-2-3-7-25(24)29(27-9-5-4-8-26(27)28)23-34-20-16-32(13-11-30)17-21-34/h2-9H,10-23H2,1H3. The van der Waals surface area contributed by atoms with Crippen molar-refractivity contribution in [2.45, 2.75) is 13.1 Å². The lowest BCUT2D eigenvalue weighted by atomic mass is 9.91. The van der Waals surface area contributed by atoms with Crippen LogP contribution in [0.1, 0.15) is 11.1 Å². The highest BCUT2D eigenvalue weighted by Crippen LogP contribution is 2.35. The zero-order valence-corrected chi connectivity index (χ0v) is 20.8. The topological polar surface area (TPSA) is 16.2 Å². The van der Waals surface area contributed by atoms with Crippen molar-refractivity contribution in [2.24, 2.45) is 0 Å². The highest BCUT2D eigenvalue weighted by molar-refractivity contribution is 6.05. The Hall–Kier alpha value is -2.02. The summed E-state index contributed by atoms with van der Waals surface area (Å²) < 4.78 is 0. The lowest BCUT2D eigenvalue weighted by molar-refractivity contribution is 0.105. The Morgan fingerprint density at radius 3 is 1.06 bits per heavy atom. The van der Waals surface area contributed by atoms with Crippen molar-refractivity contribution in [1.29, 1.82) is 0 Å². The van der Waals surface area contributed by atoms with E-state index in [0.717, 1.165) is 39.3 Å². The predicted octanol–water partition coefficient (Wildman–Crippen LogP) is 3.17. The number of piperazine rings is 2. The van der Waals surface area contributed by atoms with Crippen molar-refractivity contribution in [2.75, 3.05) is 85.6 Å². The van der Waals surface area contributed by atoms with Crippen LogP contribution in [-0.4, -0.2) is 110 Å². The van der Waals surface area contributed by atoms with E-state index in [1.54, 1.807) is 0 Å². The molecule has 3 aromatic rings. The van der Waals surface area contributed by atoms with Gasteiger partial charge in [0.15, 0.2) is 0 Å². The molecule has 0 aromatic heterocycles. The van der Waals surface area contributed by atoms with Gasteiger partial charge < -0.3 is 4.90 Å². The van der Waals surface area contributed by atoms with Crippen LogP contribution in [0.25, 0.3) is 21.5 Å². The molecule has 3 aromatic carbocycles. The van der Waals surface area contributed by atoms with E-state index in [1.807, 2.05) is 0 Å². The molecule has 5 nitrogen and oxygen atoms in total. The molecule has 6 bridgehead atoms. The molecule has 0 atom stereocenters. The van der Waals surface area contributed by atoms with E-state index in [2.05, 4.69) is 80.1 Å². The monoisotopic (exact) mass is 457 g/mol. The van der Waals surface area contributed by atoms with Crippen LogP contribution in [0.2, 0.25) is 0 Å². The molecule has 10 rings (SSSR count). The van der Waals surface area contributed by atoms with Gasteiger partial charge in [-0.15, -0.1) is 0 Å². The van der Waals surface area contributed by atoms with Crippen LogP contribution in [0.5, 0.6) is 0 Å². The van der Waals surface area contributed by atoms with Crippen molar-refractivity contribution >= 4 is 21.5 Å². The van der Waals surface area contributed by atoms with Gasteiger partial charge in [-0.25, -0.2) is 0 Å². The first-order valence-electron chi connectivity index (χ1n) is 13.2. The number of hydrogen-bond donors (Lipinski definition) is 0. The highest BCUT2D eigenvalue weighted by Gasteiger charge is 2.23. The number of hydrogen-bond acceptors (Lipinski definition) is 5. The SMILES string of the molecule is CN1CCN2CCN(CC2)Cc2c3ccccc3c(c3ccccc23)CN2CCN(CC1)CC2. The van der Waals surface area contributed by atoms with Crippen LogP contribution in [0.3, 0.4) is 0 Å². The van der Waals surface area contributed by atoms with E-state index < -0.39 is 0 Å². The Balaban J connectivity index is 1.40. The Bertz CT molecular complexity index is 983. The molecular weight excluding hydrogens is 418 g/mol. The summed E-state index contributed by atoms with van der Waals surface area (Å²) in [6, 6.07) is 18.4. The normalized spacial score (nSPS) is 29.3. The molecule has 0 spiro atoms. The average Bonchev–Trinajstić information content (AvgIpc) is 2.89. The van der Waals surface area contributed by atoms with Gasteiger partial charge in [-0.1, -0.05) is 48.5 Å². The van der Waals surface area contributed by atoms with Gasteiger partial charge in [-0.05, 0) is 39.7 Å². The van der Waals surface area contributed by atoms with Crippen LogP contribution in [0, 0.1) is 0 Å². The molecule has 2 saturated heterocycles. The van der Waals surface area contributed by atoms with Crippen LogP contribution in [-0.2, 0) is 13.1 Å². The summed E-state index contributed by atoms with van der Waals surface area (Å²) in [6.45, 7) is 16.2. The molecule has 7 aliphatic rings. The molecule has 0 N–H and O–H groups in total. The third-order valence-electron chi connectivity index (χ3n) is 8.44. The fourth-order valence-electron chi connectivity index (χ4n) is 6.18. The first kappa shape index (κ1) is 22.4. The van der Waals surface area contributed by atoms with Gasteiger partial charge in [-0.2, -0.15) is 0 Å². The van der Waals surface area contributed by atoms with Crippen molar-refractivity contribution in [3.63, 3.8) is 0 Å². The van der Waals surface area contributed by atoms with Crippen molar-refractivity contribution in [3.8, 4) is 0 Å². The Morgan fingerprint density at radius 2 is 0.706 bits per heavy atom. The second-order valence-electron chi connectivity index (χ2n) is 10.6. The largest absolute Gasteiger partial charge is 0.304 e. The van der Waals surface area contributed by atoms with Crippen molar-refractivity contribution < 1.29 is 0 Å². The van der Waals surface area contributed by atoms with Gasteiger partial charge in [0, 0.05) is 91.6 Å². The Morgan fingerprint density at radius 1 is 0.412 bits per heavy atom. The van der Waals surface area contributed by atoms with E-state index in [-0.39, 0.29) is 0 Å². The zero-order valence-electron chi connectivity index (χ0n) is 20.8. The molecule has 0 unspecified atom stereocenters. The van der Waals surface area contributed by atoms with Gasteiger partial charge in [-0.3, -0.25) is 19.6 Å². The third kappa shape index (κ3) is 4.60. The lowest BCUT2D eigenvalue weighted by Crippen LogP contribution is -2.49. The minimum absolute atomic E-state index is 1.05. The summed E-state index contributed by atoms with van der Waals surface area (Å²) in [7, 11) is 2.30. The second kappa shape index (κ2) is 9.92. The van der Waals surface area contributed by atoms with E-state index in [9.17, 15) is 0 Å². The number of benzene rings is 3. The maximum atomic E-state index is 2.68. The molecular formula is C29H39N5. The quantitative estimate of drug-likeness (QED) is 0.481. The molecule has 7 aliphatic heterocycles. The molecule has 0 radical (unpaired) electrons. The summed E-state index contributed by atoms with van der Waals surface area (Å²) in [5, 5.41) is 5.82. The molecule has 0 amide bonds. The maximum absolute atomic E-state index is 2.68. The maximum Gasteiger partial charge on any atom is 0.0247 e. The molecule has 0 saturated carbocycles. The average molecular weight is 458 g/mol. The summed E-state index contributed by atoms with van der Waals surface area (Å²) >= 11 is 0. The molecule has 34 heavy (non-hydrogen) atoms. The highest BCUT2D eigenvalue weighted by atomic mass is 15.3. The van der Waals surface area contributed by atoms with Crippen molar-refractivity contribution in [3.05, 3.63) is 59.7 Å². The Labute approximate surface area is 204 Å². The molecule has 7 heterocycles. The zero-order chi connectivity index (χ0) is 22.9. The van der Waals surface area contributed by atoms with E-state index in [1.165, 1.54) is 85.0 Å². The van der Waals surface area contributed by atoms with Gasteiger partial charge in [0.25, 0.3) is 0 Å². The first-order valence-corrected chi connectivity index (χ1v) is 13.2. The minimum Gasteiger partial charge on any atom is -0.304 e. The molecule has 2 fully saturated rings. The van der Waals surface area contributed by atoms with Gasteiger partial charge in [0.05, 0.1) is 0 Å². The van der Waals surface area contributed by atoms with Gasteiger partial charge in [0.2, 0.25) is 0 Å². The predicted molar refractivity (Wildman–Crippen MR) is 142 cm³/mol. The minimum atomic E-state index is 1.05. The van der Waals surface area contributed by atoms with Crippen LogP contribution in [0.4, 0.5) is 0 Å². The van der Waals surface area contributed by atoms with Gasteiger partial charge in [0.1, 0.15) is 0 Å². The number of nitrogens with zero attached hydrogens (tertiary/aromatic N) is 5. The summed E-state index contributed by atoms with van der Waals surface area (Å²) in [6.07, 6.45) is 0. The third-order valence-corrected chi connectivity index (χ3v) is 8.44. The summed E-state index contributed by atoms with van der Waals surface area (Å²) in [5.41, 5.74) is 3.04. The number of likely N-dealkylation sites (N-methyl/N-ethyl adjacent to an activating group) is 1. The van der Waals surface area contributed by atoms with E-state index in [4.69, 9.17) is 0 Å². The Kier molecular flexibility index (Phi) is 6.55. The molecule has 5 heteroatoms. The summed E-state index contributed by atoms with van der Waals surface area (Å²) in [4.78, 5) is 13.2. The smallest absolute Gasteiger partial charge is 0.0247 e. The van der Waals surface area contributed by atoms with Crippen LogP contribution >= 0.6 is 0 Å². The van der Waals surface area contributed by atoms with Crippen LogP contribution < -0.4 is 0 Å². The number of rotatable bonds is 0. The van der Waals surface area contributed by atoms with E-state index >= 15 is 0 Å². The van der Waals surface area contributed by atoms with Gasteiger partial charge >= 0.3 is 0 Å². The fourth-order valence-corrected chi connectivity index (χ4v) is 6.18. The molecule has 180 valence electrons. The first-order chi connectivity index (χ1) is 16.7. The summed E-state index contributed by atoms with van der Waals surface area (Å²) in [5.74, 6) is 0. The van der Waals surface area contributed by atoms with E-state index in [0.29, 0.717) is 0 Å². The second-order valence-corrected chi connectivity index (χ2v) is 10.6. The lowest BCUT2D eigenvalue weighted by Gasteiger charge is -2.36. The fraction of sp³-hybridized carbons (Fsp3) is 0.517. The van der Waals surface area contributed by atoms with Crippen molar-refractivity contribution in [1.82, 2.24) is 24.5 Å². The molecule has 0 aliphatic carbocycles.